The molecule has 112 valence electrons. The number of hydrogen-bond acceptors (Lipinski definition) is 6. The molecule has 0 bridgehead atoms. The van der Waals surface area contributed by atoms with E-state index in [9.17, 15) is 4.79 Å². The summed E-state index contributed by atoms with van der Waals surface area (Å²) in [6.07, 6.45) is 4.67. The van der Waals surface area contributed by atoms with Crippen LogP contribution in [0, 0.1) is 0 Å². The highest BCUT2D eigenvalue weighted by Gasteiger charge is 2.16. The Hall–Kier alpha value is -3.35. The highest BCUT2D eigenvalue weighted by atomic mass is 16.5. The normalized spacial score (nSPS) is 11.0. The lowest BCUT2D eigenvalue weighted by Gasteiger charge is -2.06. The van der Waals surface area contributed by atoms with Crippen LogP contribution in [0.25, 0.3) is 33.9 Å². The number of benzene rings is 1. The molecule has 3 heterocycles. The van der Waals surface area contributed by atoms with Crippen molar-refractivity contribution in [2.75, 3.05) is 0 Å². The fourth-order valence-electron chi connectivity index (χ4n) is 2.40. The number of fused-ring (bicyclic) bond motifs is 1. The standard InChI is InChI=1S/C16H11N5O2/c1-21-13(8-10-4-2-3-5-11(10)16(21)22)15-19-14(20-23-15)12-9-17-6-7-18-12/h2-9H,1H3. The maximum Gasteiger partial charge on any atom is 0.275 e. The zero-order chi connectivity index (χ0) is 15.8. The fraction of sp³-hybridized carbons (Fsp3) is 0.0625. The third-order valence-corrected chi connectivity index (χ3v) is 3.59. The molecule has 0 saturated carbocycles. The molecule has 0 unspecified atom stereocenters. The van der Waals surface area contributed by atoms with Crippen LogP contribution in [0.15, 0.2) is 58.2 Å². The van der Waals surface area contributed by atoms with Gasteiger partial charge in [-0.05, 0) is 17.5 Å². The van der Waals surface area contributed by atoms with Crippen molar-refractivity contribution in [2.24, 2.45) is 7.05 Å². The van der Waals surface area contributed by atoms with Crippen LogP contribution < -0.4 is 5.56 Å². The molecule has 0 radical (unpaired) electrons. The van der Waals surface area contributed by atoms with Crippen LogP contribution in [-0.4, -0.2) is 24.7 Å². The molecule has 0 spiro atoms. The van der Waals surface area contributed by atoms with E-state index >= 15 is 0 Å². The SMILES string of the molecule is Cn1c(-c2nc(-c3cnccn3)no2)cc2ccccc2c1=O. The summed E-state index contributed by atoms with van der Waals surface area (Å²) >= 11 is 0. The van der Waals surface area contributed by atoms with E-state index in [1.165, 1.54) is 4.57 Å². The highest BCUT2D eigenvalue weighted by Crippen LogP contribution is 2.22. The summed E-state index contributed by atoms with van der Waals surface area (Å²) in [4.78, 5) is 24.9. The summed E-state index contributed by atoms with van der Waals surface area (Å²) < 4.78 is 6.80. The predicted octanol–water partition coefficient (Wildman–Crippen LogP) is 2.05. The van der Waals surface area contributed by atoms with Gasteiger partial charge in [-0.3, -0.25) is 9.78 Å². The minimum absolute atomic E-state index is 0.114. The molecular weight excluding hydrogens is 294 g/mol. The van der Waals surface area contributed by atoms with Gasteiger partial charge in [0.2, 0.25) is 5.82 Å². The number of hydrogen-bond donors (Lipinski definition) is 0. The minimum Gasteiger partial charge on any atom is -0.332 e. The summed E-state index contributed by atoms with van der Waals surface area (Å²) in [7, 11) is 1.68. The molecule has 3 aromatic heterocycles. The van der Waals surface area contributed by atoms with Crippen molar-refractivity contribution in [3.05, 3.63) is 59.3 Å². The number of aromatic nitrogens is 5. The number of rotatable bonds is 2. The van der Waals surface area contributed by atoms with Crippen LogP contribution in [-0.2, 0) is 7.05 Å². The van der Waals surface area contributed by atoms with Gasteiger partial charge in [0, 0.05) is 24.8 Å². The molecular formula is C16H11N5O2. The molecule has 23 heavy (non-hydrogen) atoms. The Balaban J connectivity index is 1.89. The molecule has 0 amide bonds. The lowest BCUT2D eigenvalue weighted by molar-refractivity contribution is 0.429. The maximum absolute atomic E-state index is 12.4. The zero-order valence-corrected chi connectivity index (χ0v) is 12.2. The Kier molecular flexibility index (Phi) is 2.97. The van der Waals surface area contributed by atoms with E-state index in [0.717, 1.165) is 5.39 Å². The first kappa shape index (κ1) is 13.3. The van der Waals surface area contributed by atoms with Gasteiger partial charge in [0.1, 0.15) is 11.4 Å². The van der Waals surface area contributed by atoms with Crippen molar-refractivity contribution >= 4 is 10.8 Å². The summed E-state index contributed by atoms with van der Waals surface area (Å²) in [6.45, 7) is 0. The smallest absolute Gasteiger partial charge is 0.275 e. The Labute approximate surface area is 130 Å². The van der Waals surface area contributed by atoms with Gasteiger partial charge in [-0.25, -0.2) is 4.98 Å². The van der Waals surface area contributed by atoms with Crippen LogP contribution in [0.2, 0.25) is 0 Å². The van der Waals surface area contributed by atoms with E-state index in [2.05, 4.69) is 20.1 Å². The van der Waals surface area contributed by atoms with Crippen molar-refractivity contribution in [3.8, 4) is 23.1 Å². The summed E-state index contributed by atoms with van der Waals surface area (Å²) in [5.41, 5.74) is 0.946. The zero-order valence-electron chi connectivity index (χ0n) is 12.2. The molecule has 4 rings (SSSR count). The van der Waals surface area contributed by atoms with Gasteiger partial charge in [-0.2, -0.15) is 4.98 Å². The summed E-state index contributed by atoms with van der Waals surface area (Å²) in [5, 5.41) is 5.38. The van der Waals surface area contributed by atoms with Gasteiger partial charge in [0.25, 0.3) is 11.4 Å². The van der Waals surface area contributed by atoms with E-state index < -0.39 is 0 Å². The highest BCUT2D eigenvalue weighted by molar-refractivity contribution is 5.84. The van der Waals surface area contributed by atoms with Gasteiger partial charge in [-0.15, -0.1) is 0 Å². The fourth-order valence-corrected chi connectivity index (χ4v) is 2.40. The van der Waals surface area contributed by atoms with Crippen LogP contribution in [0.5, 0.6) is 0 Å². The second-order valence-corrected chi connectivity index (χ2v) is 4.99. The van der Waals surface area contributed by atoms with Gasteiger partial charge in [-0.1, -0.05) is 23.4 Å². The first-order valence-corrected chi connectivity index (χ1v) is 6.93. The molecule has 0 fully saturated rings. The minimum atomic E-state index is -0.114. The molecule has 1 aromatic carbocycles. The Morgan fingerprint density at radius 1 is 1.17 bits per heavy atom. The van der Waals surface area contributed by atoms with Gasteiger partial charge < -0.3 is 9.09 Å². The number of pyridine rings is 1. The monoisotopic (exact) mass is 305 g/mol. The lowest BCUT2D eigenvalue weighted by atomic mass is 10.1. The third kappa shape index (κ3) is 2.18. The quantitative estimate of drug-likeness (QED) is 0.563. The molecule has 0 N–H and O–H groups in total. The largest absolute Gasteiger partial charge is 0.332 e. The molecule has 0 aliphatic carbocycles. The van der Waals surface area contributed by atoms with Gasteiger partial charge in [0.05, 0.1) is 6.20 Å². The van der Waals surface area contributed by atoms with Gasteiger partial charge >= 0.3 is 0 Å². The second kappa shape index (κ2) is 5.13. The van der Waals surface area contributed by atoms with E-state index in [0.29, 0.717) is 22.6 Å². The number of nitrogens with zero attached hydrogens (tertiary/aromatic N) is 5. The lowest BCUT2D eigenvalue weighted by Crippen LogP contribution is -2.18. The van der Waals surface area contributed by atoms with Crippen molar-refractivity contribution in [2.45, 2.75) is 0 Å². The summed E-state index contributed by atoms with van der Waals surface area (Å²) in [5.74, 6) is 0.588. The van der Waals surface area contributed by atoms with E-state index in [-0.39, 0.29) is 11.4 Å². The third-order valence-electron chi connectivity index (χ3n) is 3.59. The van der Waals surface area contributed by atoms with E-state index in [1.54, 1.807) is 31.7 Å². The second-order valence-electron chi connectivity index (χ2n) is 4.99. The molecule has 4 aromatic rings. The molecule has 0 aliphatic heterocycles. The Bertz CT molecular complexity index is 1050. The Morgan fingerprint density at radius 3 is 2.87 bits per heavy atom. The van der Waals surface area contributed by atoms with Crippen LogP contribution in [0.1, 0.15) is 0 Å². The average Bonchev–Trinajstić information content (AvgIpc) is 3.09. The van der Waals surface area contributed by atoms with Crippen molar-refractivity contribution < 1.29 is 4.52 Å². The molecule has 0 saturated heterocycles. The topological polar surface area (TPSA) is 86.7 Å². The Morgan fingerprint density at radius 2 is 2.04 bits per heavy atom. The first-order valence-electron chi connectivity index (χ1n) is 6.93. The van der Waals surface area contributed by atoms with Crippen LogP contribution in [0.4, 0.5) is 0 Å². The molecule has 7 heteroatoms. The average molecular weight is 305 g/mol. The van der Waals surface area contributed by atoms with E-state index in [4.69, 9.17) is 4.52 Å². The van der Waals surface area contributed by atoms with Gasteiger partial charge in [0.15, 0.2) is 0 Å². The van der Waals surface area contributed by atoms with Crippen molar-refractivity contribution in [3.63, 3.8) is 0 Å². The maximum atomic E-state index is 12.4. The van der Waals surface area contributed by atoms with Crippen molar-refractivity contribution in [1.29, 1.82) is 0 Å². The first-order chi connectivity index (χ1) is 11.2. The van der Waals surface area contributed by atoms with Crippen LogP contribution >= 0.6 is 0 Å². The van der Waals surface area contributed by atoms with Crippen LogP contribution in [0.3, 0.4) is 0 Å². The summed E-state index contributed by atoms with van der Waals surface area (Å²) in [6, 6.07) is 9.23. The van der Waals surface area contributed by atoms with E-state index in [1.807, 2.05) is 24.3 Å². The molecule has 0 atom stereocenters. The molecule has 7 nitrogen and oxygen atoms in total. The predicted molar refractivity (Wildman–Crippen MR) is 83.5 cm³/mol. The molecule has 0 aliphatic rings. The van der Waals surface area contributed by atoms with Crippen molar-refractivity contribution in [1.82, 2.24) is 24.7 Å².